The smallest absolute Gasteiger partial charge is 0.317 e. The second kappa shape index (κ2) is 7.21. The van der Waals surface area contributed by atoms with Crippen LogP contribution < -0.4 is 5.32 Å². The maximum absolute atomic E-state index is 12.2. The molecule has 1 aromatic carbocycles. The molecule has 1 aliphatic heterocycles. The van der Waals surface area contributed by atoms with Crippen molar-refractivity contribution in [3.05, 3.63) is 48.2 Å². The number of urea groups is 1. The number of furan rings is 1. The van der Waals surface area contributed by atoms with Crippen LogP contribution in [-0.2, 0) is 11.3 Å². The highest BCUT2D eigenvalue weighted by Crippen LogP contribution is 2.22. The van der Waals surface area contributed by atoms with Crippen LogP contribution in [0.2, 0.25) is 0 Å². The summed E-state index contributed by atoms with van der Waals surface area (Å²) >= 11 is 0. The minimum Gasteiger partial charge on any atom is -0.481 e. The minimum atomic E-state index is -0.779. The van der Waals surface area contributed by atoms with Gasteiger partial charge in [-0.2, -0.15) is 0 Å². The number of benzene rings is 1. The highest BCUT2D eigenvalue weighted by Gasteiger charge is 2.26. The third-order valence-corrected chi connectivity index (χ3v) is 4.27. The fraction of sp³-hybridized carbons (Fsp3) is 0.333. The van der Waals surface area contributed by atoms with Gasteiger partial charge in [0.05, 0.1) is 12.5 Å². The molecule has 126 valence electrons. The molecular weight excluding hydrogens is 308 g/mol. The Morgan fingerprint density at radius 3 is 2.50 bits per heavy atom. The van der Waals surface area contributed by atoms with Crippen molar-refractivity contribution in [3.8, 4) is 11.3 Å². The van der Waals surface area contributed by atoms with Gasteiger partial charge in [-0.25, -0.2) is 4.79 Å². The predicted octanol–water partition coefficient (Wildman–Crippen LogP) is 2.95. The highest BCUT2D eigenvalue weighted by atomic mass is 16.4. The van der Waals surface area contributed by atoms with E-state index in [1.54, 1.807) is 4.90 Å². The molecule has 3 rings (SSSR count). The van der Waals surface area contributed by atoms with E-state index < -0.39 is 5.97 Å². The highest BCUT2D eigenvalue weighted by molar-refractivity contribution is 5.75. The van der Waals surface area contributed by atoms with Crippen LogP contribution in [0.1, 0.15) is 18.6 Å². The monoisotopic (exact) mass is 328 g/mol. The largest absolute Gasteiger partial charge is 0.481 e. The summed E-state index contributed by atoms with van der Waals surface area (Å²) in [5, 5.41) is 11.8. The zero-order chi connectivity index (χ0) is 16.9. The minimum absolute atomic E-state index is 0.184. The maximum Gasteiger partial charge on any atom is 0.317 e. The Bertz CT molecular complexity index is 703. The zero-order valence-electron chi connectivity index (χ0n) is 13.3. The first-order chi connectivity index (χ1) is 11.6. The first-order valence-electron chi connectivity index (χ1n) is 8.03. The van der Waals surface area contributed by atoms with Gasteiger partial charge in [0.2, 0.25) is 0 Å². The van der Waals surface area contributed by atoms with Gasteiger partial charge in [-0.15, -0.1) is 0 Å². The van der Waals surface area contributed by atoms with Crippen LogP contribution in [0.5, 0.6) is 0 Å². The zero-order valence-corrected chi connectivity index (χ0v) is 13.3. The molecule has 6 nitrogen and oxygen atoms in total. The van der Waals surface area contributed by atoms with Gasteiger partial charge in [0.15, 0.2) is 0 Å². The average Bonchev–Trinajstić information content (AvgIpc) is 3.09. The van der Waals surface area contributed by atoms with Gasteiger partial charge >= 0.3 is 12.0 Å². The van der Waals surface area contributed by atoms with Gasteiger partial charge in [0.25, 0.3) is 0 Å². The summed E-state index contributed by atoms with van der Waals surface area (Å²) in [6, 6.07) is 13.3. The number of nitrogens with one attached hydrogen (secondary N) is 1. The molecule has 0 atom stereocenters. The number of likely N-dealkylation sites (tertiary alicyclic amines) is 1. The van der Waals surface area contributed by atoms with Gasteiger partial charge in [-0.3, -0.25) is 4.79 Å². The molecule has 0 spiro atoms. The lowest BCUT2D eigenvalue weighted by molar-refractivity contribution is -0.143. The predicted molar refractivity (Wildman–Crippen MR) is 88.3 cm³/mol. The molecular formula is C18H20N2O4. The van der Waals surface area contributed by atoms with Crippen molar-refractivity contribution < 1.29 is 19.1 Å². The van der Waals surface area contributed by atoms with Crippen molar-refractivity contribution in [3.63, 3.8) is 0 Å². The quantitative estimate of drug-likeness (QED) is 0.904. The summed E-state index contributed by atoms with van der Waals surface area (Å²) in [4.78, 5) is 24.7. The van der Waals surface area contributed by atoms with Crippen LogP contribution in [-0.4, -0.2) is 35.1 Å². The van der Waals surface area contributed by atoms with E-state index in [2.05, 4.69) is 5.32 Å². The van der Waals surface area contributed by atoms with Crippen molar-refractivity contribution in [2.45, 2.75) is 19.4 Å². The van der Waals surface area contributed by atoms with E-state index in [1.165, 1.54) is 0 Å². The first-order valence-corrected chi connectivity index (χ1v) is 8.03. The third-order valence-electron chi connectivity index (χ3n) is 4.27. The lowest BCUT2D eigenvalue weighted by atomic mass is 9.97. The Morgan fingerprint density at radius 1 is 1.12 bits per heavy atom. The number of carboxylic acid groups (broad SMARTS) is 1. The van der Waals surface area contributed by atoms with Gasteiger partial charge in [-0.05, 0) is 25.0 Å². The lowest BCUT2D eigenvalue weighted by Gasteiger charge is -2.30. The van der Waals surface area contributed by atoms with E-state index in [-0.39, 0.29) is 11.9 Å². The number of carboxylic acids is 1. The van der Waals surface area contributed by atoms with Crippen LogP contribution in [0.4, 0.5) is 4.79 Å². The van der Waals surface area contributed by atoms with Crippen molar-refractivity contribution in [2.75, 3.05) is 13.1 Å². The molecule has 2 heterocycles. The summed E-state index contributed by atoms with van der Waals surface area (Å²) < 4.78 is 5.74. The number of hydrogen-bond donors (Lipinski definition) is 2. The van der Waals surface area contributed by atoms with Gasteiger partial charge in [0, 0.05) is 18.7 Å². The molecule has 1 saturated heterocycles. The number of carbonyl (C=O) groups excluding carboxylic acids is 1. The third kappa shape index (κ3) is 3.76. The average molecular weight is 328 g/mol. The van der Waals surface area contributed by atoms with E-state index in [0.717, 1.165) is 11.3 Å². The molecule has 1 aliphatic rings. The molecule has 0 unspecified atom stereocenters. The Morgan fingerprint density at radius 2 is 1.83 bits per heavy atom. The molecule has 2 amide bonds. The van der Waals surface area contributed by atoms with E-state index in [0.29, 0.717) is 38.2 Å². The van der Waals surface area contributed by atoms with Crippen molar-refractivity contribution in [1.82, 2.24) is 10.2 Å². The van der Waals surface area contributed by atoms with Crippen LogP contribution in [0.3, 0.4) is 0 Å². The summed E-state index contributed by atoms with van der Waals surface area (Å²) in [6.07, 6.45) is 1.00. The van der Waals surface area contributed by atoms with Crippen LogP contribution in [0.15, 0.2) is 46.9 Å². The molecule has 24 heavy (non-hydrogen) atoms. The molecule has 2 N–H and O–H groups in total. The van der Waals surface area contributed by atoms with E-state index >= 15 is 0 Å². The fourth-order valence-corrected chi connectivity index (χ4v) is 2.83. The van der Waals surface area contributed by atoms with Crippen molar-refractivity contribution in [2.24, 2.45) is 5.92 Å². The summed E-state index contributed by atoms with van der Waals surface area (Å²) in [6.45, 7) is 1.25. The van der Waals surface area contributed by atoms with Crippen LogP contribution in [0, 0.1) is 5.92 Å². The second-order valence-electron chi connectivity index (χ2n) is 5.89. The van der Waals surface area contributed by atoms with E-state index in [1.807, 2.05) is 42.5 Å². The van der Waals surface area contributed by atoms with Crippen molar-refractivity contribution in [1.29, 1.82) is 0 Å². The van der Waals surface area contributed by atoms with Crippen molar-refractivity contribution >= 4 is 12.0 Å². The van der Waals surface area contributed by atoms with Gasteiger partial charge < -0.3 is 19.7 Å². The molecule has 0 saturated carbocycles. The number of rotatable bonds is 4. The Kier molecular flexibility index (Phi) is 4.84. The number of hydrogen-bond acceptors (Lipinski definition) is 3. The topological polar surface area (TPSA) is 82.8 Å². The van der Waals surface area contributed by atoms with Gasteiger partial charge in [0.1, 0.15) is 11.5 Å². The molecule has 6 heteroatoms. The number of nitrogens with zero attached hydrogens (tertiary/aromatic N) is 1. The Balaban J connectivity index is 1.50. The number of piperidine rings is 1. The molecule has 2 aromatic rings. The Labute approximate surface area is 140 Å². The summed E-state index contributed by atoms with van der Waals surface area (Å²) in [5.74, 6) is 0.330. The van der Waals surface area contributed by atoms with Crippen LogP contribution >= 0.6 is 0 Å². The standard InChI is InChI=1S/C18H20N2O4/c21-17(22)14-8-10-20(11-9-14)18(23)19-12-15-6-7-16(24-15)13-4-2-1-3-5-13/h1-7,14H,8-12H2,(H,19,23)(H,21,22). The second-order valence-corrected chi connectivity index (χ2v) is 5.89. The maximum atomic E-state index is 12.2. The first kappa shape index (κ1) is 16.1. The molecule has 1 fully saturated rings. The van der Waals surface area contributed by atoms with E-state index in [4.69, 9.17) is 9.52 Å². The summed E-state index contributed by atoms with van der Waals surface area (Å²) in [7, 11) is 0. The molecule has 0 bridgehead atoms. The van der Waals surface area contributed by atoms with E-state index in [9.17, 15) is 9.59 Å². The van der Waals surface area contributed by atoms with Gasteiger partial charge in [-0.1, -0.05) is 30.3 Å². The normalized spacial score (nSPS) is 15.2. The summed E-state index contributed by atoms with van der Waals surface area (Å²) in [5.41, 5.74) is 0.991. The number of carbonyl (C=O) groups is 2. The van der Waals surface area contributed by atoms with Crippen LogP contribution in [0.25, 0.3) is 11.3 Å². The SMILES string of the molecule is O=C(O)C1CCN(C(=O)NCc2ccc(-c3ccccc3)o2)CC1. The molecule has 0 aliphatic carbocycles. The molecule has 1 aromatic heterocycles. The number of amides is 2. The molecule has 0 radical (unpaired) electrons. The number of aliphatic carboxylic acids is 1. The lowest BCUT2D eigenvalue weighted by Crippen LogP contribution is -2.45. The fourth-order valence-electron chi connectivity index (χ4n) is 2.83. The Hall–Kier alpha value is -2.76.